The summed E-state index contributed by atoms with van der Waals surface area (Å²) in [5.41, 5.74) is -0.412. The Morgan fingerprint density at radius 2 is 1.48 bits per heavy atom. The smallest absolute Gasteiger partial charge is 0.240 e. The maximum absolute atomic E-state index is 12.9. The lowest BCUT2D eigenvalue weighted by molar-refractivity contribution is -0.140. The van der Waals surface area contributed by atoms with Gasteiger partial charge in [0.15, 0.2) is 0 Å². The van der Waals surface area contributed by atoms with E-state index in [-0.39, 0.29) is 11.8 Å². The molecule has 1 aliphatic heterocycles. The van der Waals surface area contributed by atoms with Gasteiger partial charge in [0.05, 0.1) is 10.8 Å². The van der Waals surface area contributed by atoms with Crippen LogP contribution in [0.3, 0.4) is 0 Å². The highest BCUT2D eigenvalue weighted by molar-refractivity contribution is 6.12. The van der Waals surface area contributed by atoms with E-state index in [1.807, 2.05) is 37.3 Å². The third-order valence-corrected chi connectivity index (χ3v) is 5.11. The summed E-state index contributed by atoms with van der Waals surface area (Å²) in [6.45, 7) is 6.12. The molecule has 2 amide bonds. The van der Waals surface area contributed by atoms with Crippen LogP contribution in [-0.4, -0.2) is 23.8 Å². The Labute approximate surface area is 127 Å². The van der Waals surface area contributed by atoms with E-state index in [1.165, 1.54) is 4.90 Å². The molecule has 0 bridgehead atoms. The van der Waals surface area contributed by atoms with E-state index in [2.05, 4.69) is 13.8 Å². The Kier molecular flexibility index (Phi) is 4.22. The molecule has 1 saturated heterocycles. The number of hydrogen-bond acceptors (Lipinski definition) is 2. The van der Waals surface area contributed by atoms with E-state index in [0.29, 0.717) is 0 Å². The zero-order valence-electron chi connectivity index (χ0n) is 13.5. The van der Waals surface area contributed by atoms with Crippen molar-refractivity contribution >= 4 is 11.8 Å². The lowest BCUT2D eigenvalue weighted by Crippen LogP contribution is -2.46. The number of carbonyl (C=O) groups excluding carboxylic acids is 2. The second-order valence-electron chi connectivity index (χ2n) is 6.24. The molecule has 1 aromatic rings. The standard InChI is InChI=1S/C18H25NO2/c1-5-12-18(13-6-2)16(21)19(4)15(20)17(18,3)14-10-8-7-9-11-14/h7-11H,5-6,12-13H2,1-4H3. The predicted octanol–water partition coefficient (Wildman–Crippen LogP) is 3.53. The minimum atomic E-state index is -0.758. The first-order valence-electron chi connectivity index (χ1n) is 7.83. The third-order valence-electron chi connectivity index (χ3n) is 5.11. The minimum Gasteiger partial charge on any atom is -0.284 e. The fourth-order valence-corrected chi connectivity index (χ4v) is 4.03. The van der Waals surface area contributed by atoms with Gasteiger partial charge in [-0.05, 0) is 25.3 Å². The first kappa shape index (κ1) is 15.7. The molecule has 0 aromatic heterocycles. The second-order valence-corrected chi connectivity index (χ2v) is 6.24. The number of carbonyl (C=O) groups is 2. The molecule has 0 spiro atoms. The molecular weight excluding hydrogens is 262 g/mol. The number of likely N-dealkylation sites (N-methyl/N-ethyl adjacent to an activating group) is 1. The van der Waals surface area contributed by atoms with E-state index in [0.717, 1.165) is 31.2 Å². The molecule has 0 radical (unpaired) electrons. The predicted molar refractivity (Wildman–Crippen MR) is 83.8 cm³/mol. The van der Waals surface area contributed by atoms with Gasteiger partial charge in [-0.2, -0.15) is 0 Å². The molecule has 0 N–H and O–H groups in total. The van der Waals surface area contributed by atoms with Crippen LogP contribution in [0.4, 0.5) is 0 Å². The second kappa shape index (κ2) is 5.63. The molecular formula is C18H25NO2. The molecule has 1 fully saturated rings. The van der Waals surface area contributed by atoms with E-state index in [4.69, 9.17) is 0 Å². The quantitative estimate of drug-likeness (QED) is 0.777. The van der Waals surface area contributed by atoms with Crippen molar-refractivity contribution in [2.75, 3.05) is 7.05 Å². The molecule has 1 aromatic carbocycles. The van der Waals surface area contributed by atoms with Crippen molar-refractivity contribution in [2.45, 2.75) is 51.9 Å². The molecule has 1 aliphatic rings. The van der Waals surface area contributed by atoms with Crippen LogP contribution in [0, 0.1) is 5.41 Å². The molecule has 0 aliphatic carbocycles. The average Bonchev–Trinajstić information content (AvgIpc) is 2.64. The van der Waals surface area contributed by atoms with Crippen LogP contribution in [0.1, 0.15) is 52.0 Å². The van der Waals surface area contributed by atoms with Crippen LogP contribution in [0.25, 0.3) is 0 Å². The number of hydrogen-bond donors (Lipinski definition) is 0. The highest BCUT2D eigenvalue weighted by Crippen LogP contribution is 2.54. The summed E-state index contributed by atoms with van der Waals surface area (Å²) in [7, 11) is 1.62. The van der Waals surface area contributed by atoms with Crippen LogP contribution >= 0.6 is 0 Å². The average molecular weight is 287 g/mol. The van der Waals surface area contributed by atoms with Crippen molar-refractivity contribution < 1.29 is 9.59 Å². The number of amides is 2. The van der Waals surface area contributed by atoms with E-state index < -0.39 is 10.8 Å². The Bertz CT molecular complexity index is 531. The highest BCUT2D eigenvalue weighted by Gasteiger charge is 2.65. The van der Waals surface area contributed by atoms with Crippen molar-refractivity contribution in [3.8, 4) is 0 Å². The molecule has 3 heteroatoms. The largest absolute Gasteiger partial charge is 0.284 e. The maximum atomic E-state index is 12.9. The van der Waals surface area contributed by atoms with Crippen LogP contribution in [0.15, 0.2) is 30.3 Å². The van der Waals surface area contributed by atoms with Gasteiger partial charge in [0, 0.05) is 7.05 Å². The maximum Gasteiger partial charge on any atom is 0.240 e. The number of likely N-dealkylation sites (tertiary alicyclic amines) is 1. The van der Waals surface area contributed by atoms with Crippen molar-refractivity contribution in [1.29, 1.82) is 0 Å². The van der Waals surface area contributed by atoms with Gasteiger partial charge in [0.25, 0.3) is 0 Å². The monoisotopic (exact) mass is 287 g/mol. The molecule has 2 rings (SSSR count). The Morgan fingerprint density at radius 1 is 0.952 bits per heavy atom. The van der Waals surface area contributed by atoms with Gasteiger partial charge < -0.3 is 0 Å². The van der Waals surface area contributed by atoms with E-state index in [9.17, 15) is 9.59 Å². The number of nitrogens with zero attached hydrogens (tertiary/aromatic N) is 1. The zero-order valence-corrected chi connectivity index (χ0v) is 13.5. The van der Waals surface area contributed by atoms with Gasteiger partial charge in [-0.3, -0.25) is 14.5 Å². The lowest BCUT2D eigenvalue weighted by Gasteiger charge is -2.39. The van der Waals surface area contributed by atoms with Crippen LogP contribution in [0.2, 0.25) is 0 Å². The third kappa shape index (κ3) is 2.02. The topological polar surface area (TPSA) is 37.4 Å². The van der Waals surface area contributed by atoms with E-state index >= 15 is 0 Å². The minimum absolute atomic E-state index is 0.0115. The molecule has 1 heterocycles. The molecule has 114 valence electrons. The van der Waals surface area contributed by atoms with Crippen molar-refractivity contribution in [1.82, 2.24) is 4.90 Å². The fourth-order valence-electron chi connectivity index (χ4n) is 4.03. The first-order chi connectivity index (χ1) is 9.95. The Morgan fingerprint density at radius 3 is 1.95 bits per heavy atom. The van der Waals surface area contributed by atoms with E-state index in [1.54, 1.807) is 7.05 Å². The fraction of sp³-hybridized carbons (Fsp3) is 0.556. The Hall–Kier alpha value is -1.64. The van der Waals surface area contributed by atoms with Gasteiger partial charge in [-0.15, -0.1) is 0 Å². The number of benzene rings is 1. The summed E-state index contributed by atoms with van der Waals surface area (Å²) in [5.74, 6) is -0.0804. The molecule has 0 saturated carbocycles. The Balaban J connectivity index is 2.68. The first-order valence-corrected chi connectivity index (χ1v) is 7.83. The molecule has 21 heavy (non-hydrogen) atoms. The summed E-state index contributed by atoms with van der Waals surface area (Å²) in [4.78, 5) is 27.2. The zero-order chi connectivity index (χ0) is 15.7. The van der Waals surface area contributed by atoms with Crippen LogP contribution < -0.4 is 0 Å². The van der Waals surface area contributed by atoms with Gasteiger partial charge in [0.2, 0.25) is 11.8 Å². The van der Waals surface area contributed by atoms with Gasteiger partial charge >= 0.3 is 0 Å². The van der Waals surface area contributed by atoms with Crippen molar-refractivity contribution in [2.24, 2.45) is 5.41 Å². The summed E-state index contributed by atoms with van der Waals surface area (Å²) >= 11 is 0. The van der Waals surface area contributed by atoms with Crippen LogP contribution in [-0.2, 0) is 15.0 Å². The number of imide groups is 1. The molecule has 3 nitrogen and oxygen atoms in total. The summed E-state index contributed by atoms with van der Waals surface area (Å²) in [6.07, 6.45) is 3.30. The molecule has 1 unspecified atom stereocenters. The summed E-state index contributed by atoms with van der Waals surface area (Å²) < 4.78 is 0. The highest BCUT2D eigenvalue weighted by atomic mass is 16.2. The summed E-state index contributed by atoms with van der Waals surface area (Å²) in [6, 6.07) is 9.78. The van der Waals surface area contributed by atoms with Crippen LogP contribution in [0.5, 0.6) is 0 Å². The lowest BCUT2D eigenvalue weighted by atomic mass is 9.58. The normalized spacial score (nSPS) is 24.7. The SMILES string of the molecule is CCCC1(CCC)C(=O)N(C)C(=O)C1(C)c1ccccc1. The van der Waals surface area contributed by atoms with Crippen molar-refractivity contribution in [3.63, 3.8) is 0 Å². The van der Waals surface area contributed by atoms with Gasteiger partial charge in [-0.25, -0.2) is 0 Å². The summed E-state index contributed by atoms with van der Waals surface area (Å²) in [5, 5.41) is 0. The van der Waals surface area contributed by atoms with Gasteiger partial charge in [0.1, 0.15) is 0 Å². The molecule has 1 atom stereocenters. The van der Waals surface area contributed by atoms with Gasteiger partial charge in [-0.1, -0.05) is 57.0 Å². The van der Waals surface area contributed by atoms with Crippen molar-refractivity contribution in [3.05, 3.63) is 35.9 Å². The number of rotatable bonds is 5.